The number of aromatic hydroxyl groups is 1. The molecular formula is C16H12BrN3O3. The van der Waals surface area contributed by atoms with Gasteiger partial charge in [0.15, 0.2) is 0 Å². The van der Waals surface area contributed by atoms with Gasteiger partial charge in [0, 0.05) is 5.56 Å². The van der Waals surface area contributed by atoms with E-state index in [9.17, 15) is 9.90 Å². The third kappa shape index (κ3) is 2.95. The van der Waals surface area contributed by atoms with Gasteiger partial charge in [0.05, 0.1) is 22.5 Å². The van der Waals surface area contributed by atoms with Gasteiger partial charge in [0.25, 0.3) is 5.91 Å². The highest BCUT2D eigenvalue weighted by atomic mass is 79.9. The highest BCUT2D eigenvalue weighted by Gasteiger charge is 2.14. The van der Waals surface area contributed by atoms with E-state index in [2.05, 4.69) is 31.2 Å². The quantitative estimate of drug-likeness (QED) is 0.735. The maximum Gasteiger partial charge on any atom is 0.256 e. The lowest BCUT2D eigenvalue weighted by Crippen LogP contribution is -2.13. The zero-order valence-electron chi connectivity index (χ0n) is 12.1. The Hall–Kier alpha value is -2.67. The third-order valence-corrected chi connectivity index (χ3v) is 3.94. The molecule has 3 rings (SSSR count). The van der Waals surface area contributed by atoms with E-state index in [1.54, 1.807) is 30.3 Å². The van der Waals surface area contributed by atoms with Gasteiger partial charge in [0.2, 0.25) is 0 Å². The van der Waals surface area contributed by atoms with Crippen LogP contribution in [0.1, 0.15) is 10.4 Å². The van der Waals surface area contributed by atoms with Gasteiger partial charge in [-0.05, 0) is 46.3 Å². The van der Waals surface area contributed by atoms with Gasteiger partial charge in [-0.3, -0.25) is 4.79 Å². The number of halogens is 1. The van der Waals surface area contributed by atoms with Crippen molar-refractivity contribution in [2.24, 2.45) is 0 Å². The van der Waals surface area contributed by atoms with Crippen molar-refractivity contribution in [3.63, 3.8) is 0 Å². The van der Waals surface area contributed by atoms with Gasteiger partial charge < -0.3 is 15.2 Å². The highest BCUT2D eigenvalue weighted by Crippen LogP contribution is 2.29. The number of carbonyl (C=O) groups excluding carboxylic acids is 1. The topological polar surface area (TPSA) is 84.3 Å². The molecule has 2 aromatic carbocycles. The number of aromatic nitrogens is 2. The van der Waals surface area contributed by atoms with Gasteiger partial charge in [-0.2, -0.15) is 0 Å². The minimum Gasteiger partial charge on any atom is -0.507 e. The monoisotopic (exact) mass is 373 g/mol. The van der Waals surface area contributed by atoms with Crippen molar-refractivity contribution >= 4 is 38.6 Å². The largest absolute Gasteiger partial charge is 0.507 e. The fourth-order valence-corrected chi connectivity index (χ4v) is 2.58. The van der Waals surface area contributed by atoms with Gasteiger partial charge in [-0.15, -0.1) is 0 Å². The van der Waals surface area contributed by atoms with Crippen LogP contribution in [0.25, 0.3) is 10.9 Å². The summed E-state index contributed by atoms with van der Waals surface area (Å²) in [6, 6.07) is 9.92. The van der Waals surface area contributed by atoms with Crippen LogP contribution >= 0.6 is 15.9 Å². The van der Waals surface area contributed by atoms with E-state index < -0.39 is 0 Å². The Kier molecular flexibility index (Phi) is 4.12. The lowest BCUT2D eigenvalue weighted by molar-refractivity contribution is 0.102. The van der Waals surface area contributed by atoms with Crippen molar-refractivity contribution in [2.45, 2.75) is 0 Å². The number of rotatable bonds is 3. The minimum atomic E-state index is -0.362. The summed E-state index contributed by atoms with van der Waals surface area (Å²) in [6.07, 6.45) is 1.33. The summed E-state index contributed by atoms with van der Waals surface area (Å²) in [5.74, 6) is 0.443. The summed E-state index contributed by atoms with van der Waals surface area (Å²) in [6.45, 7) is 0. The van der Waals surface area contributed by atoms with E-state index in [1.165, 1.54) is 19.5 Å². The molecule has 3 aromatic rings. The van der Waals surface area contributed by atoms with E-state index >= 15 is 0 Å². The summed E-state index contributed by atoms with van der Waals surface area (Å²) in [5, 5.41) is 13.1. The van der Waals surface area contributed by atoms with Crippen LogP contribution in [0.2, 0.25) is 0 Å². The standard InChI is InChI=1S/C16H12BrN3O3/c1-23-13-7-9(5-6-10(13)17)16(22)20-15-14-11(18-8-19-15)3-2-4-12(14)21/h2-8,21H,1H3,(H,18,19,20,22). The highest BCUT2D eigenvalue weighted by molar-refractivity contribution is 9.10. The number of hydrogen-bond acceptors (Lipinski definition) is 5. The second-order valence-electron chi connectivity index (χ2n) is 4.70. The molecule has 0 aliphatic heterocycles. The van der Waals surface area contributed by atoms with Crippen molar-refractivity contribution in [2.75, 3.05) is 12.4 Å². The van der Waals surface area contributed by atoms with Gasteiger partial charge in [0.1, 0.15) is 23.6 Å². The molecule has 0 spiro atoms. The molecule has 1 heterocycles. The number of anilines is 1. The molecule has 0 atom stereocenters. The molecule has 0 saturated carbocycles. The predicted octanol–water partition coefficient (Wildman–Crippen LogP) is 3.36. The molecule has 1 aromatic heterocycles. The third-order valence-electron chi connectivity index (χ3n) is 3.29. The van der Waals surface area contributed by atoms with E-state index in [4.69, 9.17) is 4.74 Å². The second kappa shape index (κ2) is 6.21. The maximum absolute atomic E-state index is 12.4. The van der Waals surface area contributed by atoms with Crippen LogP contribution in [0.4, 0.5) is 5.82 Å². The molecule has 6 nitrogen and oxygen atoms in total. The number of amides is 1. The number of nitrogens with one attached hydrogen (secondary N) is 1. The van der Waals surface area contributed by atoms with Crippen molar-refractivity contribution in [3.05, 3.63) is 52.8 Å². The Balaban J connectivity index is 1.98. The average Bonchev–Trinajstić information content (AvgIpc) is 2.55. The van der Waals surface area contributed by atoms with Crippen LogP contribution in [0.5, 0.6) is 11.5 Å². The average molecular weight is 374 g/mol. The molecule has 116 valence electrons. The molecule has 0 fully saturated rings. The Morgan fingerprint density at radius 3 is 2.87 bits per heavy atom. The first-order valence-corrected chi connectivity index (χ1v) is 7.47. The zero-order chi connectivity index (χ0) is 16.4. The Morgan fingerprint density at radius 1 is 1.26 bits per heavy atom. The summed E-state index contributed by atoms with van der Waals surface area (Å²) < 4.78 is 5.93. The molecule has 0 unspecified atom stereocenters. The molecule has 0 aliphatic carbocycles. The lowest BCUT2D eigenvalue weighted by atomic mass is 10.2. The number of methoxy groups -OCH3 is 1. The number of carbonyl (C=O) groups is 1. The summed E-state index contributed by atoms with van der Waals surface area (Å²) in [7, 11) is 1.53. The molecule has 1 amide bonds. The second-order valence-corrected chi connectivity index (χ2v) is 5.55. The van der Waals surface area contributed by atoms with Crippen molar-refractivity contribution < 1.29 is 14.6 Å². The first kappa shape index (κ1) is 15.2. The van der Waals surface area contributed by atoms with E-state index in [0.29, 0.717) is 22.2 Å². The van der Waals surface area contributed by atoms with Crippen LogP contribution in [0.3, 0.4) is 0 Å². The maximum atomic E-state index is 12.4. The number of ether oxygens (including phenoxy) is 1. The summed E-state index contributed by atoms with van der Waals surface area (Å²) in [5.41, 5.74) is 0.955. The number of fused-ring (bicyclic) bond motifs is 1. The smallest absolute Gasteiger partial charge is 0.256 e. The number of nitrogens with zero attached hydrogens (tertiary/aromatic N) is 2. The lowest BCUT2D eigenvalue weighted by Gasteiger charge is -2.10. The zero-order valence-corrected chi connectivity index (χ0v) is 13.7. The first-order chi connectivity index (χ1) is 11.1. The van der Waals surface area contributed by atoms with Crippen molar-refractivity contribution in [1.29, 1.82) is 0 Å². The molecule has 0 bridgehead atoms. The molecule has 23 heavy (non-hydrogen) atoms. The fraction of sp³-hybridized carbons (Fsp3) is 0.0625. The van der Waals surface area contributed by atoms with Crippen LogP contribution in [-0.4, -0.2) is 28.1 Å². The normalized spacial score (nSPS) is 10.5. The molecule has 0 saturated heterocycles. The van der Waals surface area contributed by atoms with E-state index in [0.717, 1.165) is 4.47 Å². The predicted molar refractivity (Wildman–Crippen MR) is 89.9 cm³/mol. The number of benzene rings is 2. The molecule has 0 aliphatic rings. The van der Waals surface area contributed by atoms with E-state index in [-0.39, 0.29) is 17.5 Å². The number of phenols is 1. The van der Waals surface area contributed by atoms with Crippen molar-refractivity contribution in [3.8, 4) is 11.5 Å². The molecule has 7 heteroatoms. The number of hydrogen-bond donors (Lipinski definition) is 2. The Labute approximate surface area is 140 Å². The summed E-state index contributed by atoms with van der Waals surface area (Å²) in [4.78, 5) is 20.5. The van der Waals surface area contributed by atoms with Gasteiger partial charge >= 0.3 is 0 Å². The first-order valence-electron chi connectivity index (χ1n) is 6.67. The molecule has 0 radical (unpaired) electrons. The summed E-state index contributed by atoms with van der Waals surface area (Å²) >= 11 is 3.34. The fourth-order valence-electron chi connectivity index (χ4n) is 2.17. The van der Waals surface area contributed by atoms with Crippen LogP contribution in [0.15, 0.2) is 47.2 Å². The van der Waals surface area contributed by atoms with Crippen molar-refractivity contribution in [1.82, 2.24) is 9.97 Å². The SMILES string of the molecule is COc1cc(C(=O)Nc2ncnc3cccc(O)c23)ccc1Br. The molecular weight excluding hydrogens is 362 g/mol. The minimum absolute atomic E-state index is 0.00628. The Bertz CT molecular complexity index is 894. The van der Waals surface area contributed by atoms with Gasteiger partial charge in [-0.1, -0.05) is 6.07 Å². The van der Waals surface area contributed by atoms with E-state index in [1.807, 2.05) is 0 Å². The van der Waals surface area contributed by atoms with Crippen LogP contribution in [-0.2, 0) is 0 Å². The van der Waals surface area contributed by atoms with Crippen LogP contribution < -0.4 is 10.1 Å². The Morgan fingerprint density at radius 2 is 2.09 bits per heavy atom. The van der Waals surface area contributed by atoms with Gasteiger partial charge in [-0.25, -0.2) is 9.97 Å². The molecule has 2 N–H and O–H groups in total. The van der Waals surface area contributed by atoms with Crippen LogP contribution in [0, 0.1) is 0 Å². The number of phenolic OH excluding ortho intramolecular Hbond substituents is 1.